The van der Waals surface area contributed by atoms with Crippen molar-refractivity contribution in [2.75, 3.05) is 13.9 Å². The predicted octanol–water partition coefficient (Wildman–Crippen LogP) is 2.06. The fourth-order valence-electron chi connectivity index (χ4n) is 1.19. The van der Waals surface area contributed by atoms with Crippen molar-refractivity contribution in [3.05, 3.63) is 25.3 Å². The van der Waals surface area contributed by atoms with Gasteiger partial charge < -0.3 is 14.2 Å². The summed E-state index contributed by atoms with van der Waals surface area (Å²) in [6.45, 7) is 9.21. The first-order valence-corrected chi connectivity index (χ1v) is 5.23. The van der Waals surface area contributed by atoms with Gasteiger partial charge in [0.15, 0.2) is 0 Å². The molecule has 0 unspecified atom stereocenters. The number of carbonyl (C=O) groups is 1. The molecule has 16 heavy (non-hydrogen) atoms. The van der Waals surface area contributed by atoms with E-state index in [0.717, 1.165) is 0 Å². The van der Waals surface area contributed by atoms with E-state index in [9.17, 15) is 4.79 Å². The first-order chi connectivity index (χ1) is 7.69. The Kier molecular flexibility index (Phi) is 8.48. The van der Waals surface area contributed by atoms with Crippen LogP contribution in [-0.2, 0) is 19.0 Å². The standard InChI is InChI=1S/C12H20O4/c1-5-8-12(13)16-11(7-3)10(6-2)15-9-14-4/h5,7,10-11H,1,3,6,8-9H2,2,4H3/t10-,11+/m1/s1. The van der Waals surface area contributed by atoms with Gasteiger partial charge in [-0.05, 0) is 12.5 Å². The molecule has 0 spiro atoms. The Hall–Kier alpha value is -1.13. The lowest BCUT2D eigenvalue weighted by molar-refractivity contribution is -0.159. The van der Waals surface area contributed by atoms with Crippen LogP contribution < -0.4 is 0 Å². The number of rotatable bonds is 9. The van der Waals surface area contributed by atoms with E-state index in [-0.39, 0.29) is 25.3 Å². The summed E-state index contributed by atoms with van der Waals surface area (Å²) in [5.41, 5.74) is 0. The molecule has 0 amide bonds. The Labute approximate surface area is 96.9 Å². The van der Waals surface area contributed by atoms with Crippen LogP contribution >= 0.6 is 0 Å². The van der Waals surface area contributed by atoms with Crippen molar-refractivity contribution in [3.8, 4) is 0 Å². The molecule has 0 aromatic heterocycles. The minimum atomic E-state index is -0.451. The van der Waals surface area contributed by atoms with Crippen LogP contribution in [0.1, 0.15) is 19.8 Å². The van der Waals surface area contributed by atoms with E-state index in [1.165, 1.54) is 6.08 Å². The van der Waals surface area contributed by atoms with E-state index in [2.05, 4.69) is 13.2 Å². The Morgan fingerprint density at radius 2 is 2.12 bits per heavy atom. The van der Waals surface area contributed by atoms with Crippen LogP contribution in [-0.4, -0.2) is 32.1 Å². The van der Waals surface area contributed by atoms with Crippen LogP contribution in [0.2, 0.25) is 0 Å². The molecule has 0 heterocycles. The number of hydrogen-bond acceptors (Lipinski definition) is 4. The van der Waals surface area contributed by atoms with Crippen molar-refractivity contribution in [2.24, 2.45) is 0 Å². The summed E-state index contributed by atoms with van der Waals surface area (Å²) in [4.78, 5) is 11.3. The maximum atomic E-state index is 11.3. The zero-order valence-corrected chi connectivity index (χ0v) is 9.98. The number of carbonyl (C=O) groups excluding carboxylic acids is 1. The highest BCUT2D eigenvalue weighted by Crippen LogP contribution is 2.11. The molecule has 0 aliphatic rings. The van der Waals surface area contributed by atoms with E-state index < -0.39 is 6.10 Å². The molecule has 4 nitrogen and oxygen atoms in total. The zero-order valence-electron chi connectivity index (χ0n) is 9.98. The molecule has 0 aromatic carbocycles. The second-order valence-electron chi connectivity index (χ2n) is 3.20. The molecule has 92 valence electrons. The van der Waals surface area contributed by atoms with Crippen LogP contribution in [0, 0.1) is 0 Å². The van der Waals surface area contributed by atoms with E-state index in [1.807, 2.05) is 6.92 Å². The van der Waals surface area contributed by atoms with Gasteiger partial charge in [-0.25, -0.2) is 0 Å². The Balaban J connectivity index is 4.25. The lowest BCUT2D eigenvalue weighted by Gasteiger charge is -2.23. The monoisotopic (exact) mass is 228 g/mol. The highest BCUT2D eigenvalue weighted by Gasteiger charge is 2.21. The van der Waals surface area contributed by atoms with E-state index in [1.54, 1.807) is 13.2 Å². The number of methoxy groups -OCH3 is 1. The van der Waals surface area contributed by atoms with Gasteiger partial charge in [0.25, 0.3) is 0 Å². The molecule has 0 radical (unpaired) electrons. The molecule has 0 aromatic rings. The maximum absolute atomic E-state index is 11.3. The molecule has 0 aliphatic heterocycles. The number of esters is 1. The van der Waals surface area contributed by atoms with Crippen molar-refractivity contribution in [1.29, 1.82) is 0 Å². The fraction of sp³-hybridized carbons (Fsp3) is 0.583. The van der Waals surface area contributed by atoms with Gasteiger partial charge in [-0.1, -0.05) is 19.6 Å². The minimum Gasteiger partial charge on any atom is -0.455 e. The van der Waals surface area contributed by atoms with Gasteiger partial charge in [-0.2, -0.15) is 0 Å². The van der Waals surface area contributed by atoms with Gasteiger partial charge in [0.2, 0.25) is 0 Å². The van der Waals surface area contributed by atoms with Gasteiger partial charge in [0.1, 0.15) is 19.0 Å². The third-order valence-corrected chi connectivity index (χ3v) is 1.98. The molecule has 4 heteroatoms. The minimum absolute atomic E-state index is 0.169. The van der Waals surface area contributed by atoms with Crippen molar-refractivity contribution < 1.29 is 19.0 Å². The predicted molar refractivity (Wildman–Crippen MR) is 61.9 cm³/mol. The third kappa shape index (κ3) is 5.68. The molecular weight excluding hydrogens is 208 g/mol. The molecule has 0 N–H and O–H groups in total. The van der Waals surface area contributed by atoms with E-state index in [4.69, 9.17) is 14.2 Å². The van der Waals surface area contributed by atoms with Crippen molar-refractivity contribution in [3.63, 3.8) is 0 Å². The lowest BCUT2D eigenvalue weighted by Crippen LogP contribution is -2.32. The van der Waals surface area contributed by atoms with Crippen LogP contribution in [0.3, 0.4) is 0 Å². The molecule has 2 atom stereocenters. The molecule has 0 bridgehead atoms. The van der Waals surface area contributed by atoms with Gasteiger partial charge >= 0.3 is 5.97 Å². The van der Waals surface area contributed by atoms with Crippen molar-refractivity contribution in [2.45, 2.75) is 32.0 Å². The molecular formula is C12H20O4. The summed E-state index contributed by atoms with van der Waals surface area (Å²) in [5, 5.41) is 0. The quantitative estimate of drug-likeness (QED) is 0.344. The summed E-state index contributed by atoms with van der Waals surface area (Å²) >= 11 is 0. The molecule has 0 aliphatic carbocycles. The molecule has 0 rings (SSSR count). The van der Waals surface area contributed by atoms with Crippen molar-refractivity contribution in [1.82, 2.24) is 0 Å². The summed E-state index contributed by atoms with van der Waals surface area (Å²) in [6.07, 6.45) is 3.27. The maximum Gasteiger partial charge on any atom is 0.310 e. The Morgan fingerprint density at radius 1 is 1.44 bits per heavy atom. The first kappa shape index (κ1) is 14.9. The Morgan fingerprint density at radius 3 is 2.56 bits per heavy atom. The summed E-state index contributed by atoms with van der Waals surface area (Å²) < 4.78 is 15.4. The third-order valence-electron chi connectivity index (χ3n) is 1.98. The van der Waals surface area contributed by atoms with Gasteiger partial charge in [0.05, 0.1) is 6.42 Å². The average molecular weight is 228 g/mol. The van der Waals surface area contributed by atoms with E-state index >= 15 is 0 Å². The van der Waals surface area contributed by atoms with E-state index in [0.29, 0.717) is 6.42 Å². The van der Waals surface area contributed by atoms with Gasteiger partial charge in [0, 0.05) is 7.11 Å². The van der Waals surface area contributed by atoms with Crippen molar-refractivity contribution >= 4 is 5.97 Å². The SMILES string of the molecule is C=CCC(=O)O[C@@H](C=C)[C@@H](CC)OCOC. The smallest absolute Gasteiger partial charge is 0.310 e. The Bertz CT molecular complexity index is 225. The second kappa shape index (κ2) is 9.12. The zero-order chi connectivity index (χ0) is 12.4. The highest BCUT2D eigenvalue weighted by atomic mass is 16.7. The number of ether oxygens (including phenoxy) is 3. The van der Waals surface area contributed by atoms with Crippen LogP contribution in [0.4, 0.5) is 0 Å². The molecule has 0 saturated heterocycles. The average Bonchev–Trinajstić information content (AvgIpc) is 2.28. The van der Waals surface area contributed by atoms with Crippen LogP contribution in [0.5, 0.6) is 0 Å². The normalized spacial score (nSPS) is 13.9. The lowest BCUT2D eigenvalue weighted by atomic mass is 10.1. The summed E-state index contributed by atoms with van der Waals surface area (Å²) in [7, 11) is 1.54. The highest BCUT2D eigenvalue weighted by molar-refractivity contribution is 5.71. The molecule has 0 fully saturated rings. The van der Waals surface area contributed by atoms with Crippen LogP contribution in [0.25, 0.3) is 0 Å². The topological polar surface area (TPSA) is 44.8 Å². The summed E-state index contributed by atoms with van der Waals surface area (Å²) in [6, 6.07) is 0. The molecule has 0 saturated carbocycles. The van der Waals surface area contributed by atoms with Crippen LogP contribution in [0.15, 0.2) is 25.3 Å². The first-order valence-electron chi connectivity index (χ1n) is 5.23. The second-order valence-corrected chi connectivity index (χ2v) is 3.20. The number of hydrogen-bond donors (Lipinski definition) is 0. The summed E-state index contributed by atoms with van der Waals surface area (Å²) in [5.74, 6) is -0.334. The van der Waals surface area contributed by atoms with Gasteiger partial charge in [-0.3, -0.25) is 4.79 Å². The fourth-order valence-corrected chi connectivity index (χ4v) is 1.19. The van der Waals surface area contributed by atoms with Gasteiger partial charge in [-0.15, -0.1) is 6.58 Å². The largest absolute Gasteiger partial charge is 0.455 e.